The highest BCUT2D eigenvalue weighted by atomic mass is 32.1. The largest absolute Gasteiger partial charge is 0.368 e. The quantitative estimate of drug-likeness (QED) is 0.780. The fourth-order valence-electron chi connectivity index (χ4n) is 1.27. The van der Waals surface area contributed by atoms with Gasteiger partial charge in [-0.2, -0.15) is 0 Å². The highest BCUT2D eigenvalue weighted by molar-refractivity contribution is 7.10. The monoisotopic (exact) mass is 212 g/mol. The average Bonchev–Trinajstić information content (AvgIpc) is 2.66. The fraction of sp³-hybridized carbons (Fsp3) is 0.500. The number of nitrogens with one attached hydrogen (secondary N) is 1. The SMILES string of the molecule is CCC(NC(C)C(N)=O)c1cccs1. The molecule has 0 aliphatic carbocycles. The summed E-state index contributed by atoms with van der Waals surface area (Å²) in [7, 11) is 0. The normalized spacial score (nSPS) is 15.0. The van der Waals surface area contributed by atoms with E-state index in [1.54, 1.807) is 18.3 Å². The van der Waals surface area contributed by atoms with Gasteiger partial charge >= 0.3 is 0 Å². The number of primary amides is 1. The number of hydrogen-bond acceptors (Lipinski definition) is 3. The number of carbonyl (C=O) groups is 1. The van der Waals surface area contributed by atoms with E-state index in [1.807, 2.05) is 11.4 Å². The highest BCUT2D eigenvalue weighted by Gasteiger charge is 2.15. The van der Waals surface area contributed by atoms with E-state index < -0.39 is 0 Å². The van der Waals surface area contributed by atoms with Gasteiger partial charge in [0.15, 0.2) is 0 Å². The van der Waals surface area contributed by atoms with Gasteiger partial charge in [-0.3, -0.25) is 10.1 Å². The Kier molecular flexibility index (Phi) is 4.10. The predicted octanol–water partition coefficient (Wildman–Crippen LogP) is 1.66. The van der Waals surface area contributed by atoms with Crippen molar-refractivity contribution in [3.63, 3.8) is 0 Å². The Labute approximate surface area is 88.3 Å². The molecule has 0 spiro atoms. The van der Waals surface area contributed by atoms with Crippen molar-refractivity contribution in [3.05, 3.63) is 22.4 Å². The topological polar surface area (TPSA) is 55.1 Å². The van der Waals surface area contributed by atoms with E-state index in [1.165, 1.54) is 4.88 Å². The summed E-state index contributed by atoms with van der Waals surface area (Å²) in [6.07, 6.45) is 0.956. The molecule has 0 bridgehead atoms. The van der Waals surface area contributed by atoms with Crippen LogP contribution in [0.15, 0.2) is 17.5 Å². The molecule has 2 unspecified atom stereocenters. The van der Waals surface area contributed by atoms with E-state index in [4.69, 9.17) is 5.73 Å². The summed E-state index contributed by atoms with van der Waals surface area (Å²) < 4.78 is 0. The zero-order chi connectivity index (χ0) is 10.6. The second-order valence-corrected chi connectivity index (χ2v) is 4.25. The van der Waals surface area contributed by atoms with Crippen molar-refractivity contribution in [1.29, 1.82) is 0 Å². The van der Waals surface area contributed by atoms with Crippen LogP contribution in [0, 0.1) is 0 Å². The van der Waals surface area contributed by atoms with Gasteiger partial charge in [0.1, 0.15) is 0 Å². The smallest absolute Gasteiger partial charge is 0.234 e. The van der Waals surface area contributed by atoms with Gasteiger partial charge in [-0.25, -0.2) is 0 Å². The Morgan fingerprint density at radius 1 is 1.71 bits per heavy atom. The van der Waals surface area contributed by atoms with Gasteiger partial charge in [0.2, 0.25) is 5.91 Å². The van der Waals surface area contributed by atoms with Crippen molar-refractivity contribution >= 4 is 17.2 Å². The lowest BCUT2D eigenvalue weighted by atomic mass is 10.1. The van der Waals surface area contributed by atoms with Gasteiger partial charge in [0.05, 0.1) is 6.04 Å². The molecule has 1 heterocycles. The minimum atomic E-state index is -0.306. The maximum absolute atomic E-state index is 10.9. The maximum atomic E-state index is 10.9. The second kappa shape index (κ2) is 5.12. The number of amides is 1. The lowest BCUT2D eigenvalue weighted by Gasteiger charge is -2.18. The summed E-state index contributed by atoms with van der Waals surface area (Å²) in [6.45, 7) is 3.88. The molecule has 1 aromatic heterocycles. The van der Waals surface area contributed by atoms with Crippen molar-refractivity contribution in [2.45, 2.75) is 32.4 Å². The van der Waals surface area contributed by atoms with Crippen molar-refractivity contribution in [1.82, 2.24) is 5.32 Å². The van der Waals surface area contributed by atoms with Crippen molar-refractivity contribution in [2.24, 2.45) is 5.73 Å². The third-order valence-corrected chi connectivity index (χ3v) is 3.16. The Morgan fingerprint density at radius 3 is 2.86 bits per heavy atom. The zero-order valence-electron chi connectivity index (χ0n) is 8.49. The third kappa shape index (κ3) is 2.82. The van der Waals surface area contributed by atoms with Crippen LogP contribution in [-0.2, 0) is 4.79 Å². The summed E-state index contributed by atoms with van der Waals surface area (Å²) in [4.78, 5) is 12.1. The molecule has 0 aliphatic rings. The maximum Gasteiger partial charge on any atom is 0.234 e. The van der Waals surface area contributed by atoms with Gasteiger partial charge in [0.25, 0.3) is 0 Å². The number of nitrogens with two attached hydrogens (primary N) is 1. The van der Waals surface area contributed by atoms with Gasteiger partial charge in [-0.15, -0.1) is 11.3 Å². The van der Waals surface area contributed by atoms with Crippen molar-refractivity contribution < 1.29 is 4.79 Å². The van der Waals surface area contributed by atoms with E-state index in [0.717, 1.165) is 6.42 Å². The molecule has 0 aliphatic heterocycles. The first-order valence-corrected chi connectivity index (χ1v) is 5.62. The van der Waals surface area contributed by atoms with Crippen molar-refractivity contribution in [3.8, 4) is 0 Å². The Bertz CT molecular complexity index is 284. The first-order valence-electron chi connectivity index (χ1n) is 4.74. The van der Waals surface area contributed by atoms with E-state index in [-0.39, 0.29) is 18.0 Å². The van der Waals surface area contributed by atoms with Crippen LogP contribution >= 0.6 is 11.3 Å². The van der Waals surface area contributed by atoms with E-state index in [9.17, 15) is 4.79 Å². The van der Waals surface area contributed by atoms with Crippen LogP contribution in [-0.4, -0.2) is 11.9 Å². The predicted molar refractivity (Wildman–Crippen MR) is 59.1 cm³/mol. The standard InChI is InChI=1S/C10H16N2OS/c1-3-8(9-5-4-6-14-9)12-7(2)10(11)13/h4-8,12H,3H2,1-2H3,(H2,11,13). The van der Waals surface area contributed by atoms with Gasteiger partial charge in [-0.1, -0.05) is 13.0 Å². The Hall–Kier alpha value is -0.870. The van der Waals surface area contributed by atoms with Crippen LogP contribution in [0.25, 0.3) is 0 Å². The molecule has 0 saturated carbocycles. The van der Waals surface area contributed by atoms with Gasteiger partial charge in [0, 0.05) is 10.9 Å². The van der Waals surface area contributed by atoms with E-state index in [2.05, 4.69) is 18.3 Å². The molecule has 0 aromatic carbocycles. The van der Waals surface area contributed by atoms with Crippen LogP contribution in [0.4, 0.5) is 0 Å². The van der Waals surface area contributed by atoms with E-state index in [0.29, 0.717) is 0 Å². The van der Waals surface area contributed by atoms with Crippen LogP contribution < -0.4 is 11.1 Å². The number of rotatable bonds is 5. The van der Waals surface area contributed by atoms with Crippen LogP contribution in [0.3, 0.4) is 0 Å². The van der Waals surface area contributed by atoms with Gasteiger partial charge in [-0.05, 0) is 24.8 Å². The van der Waals surface area contributed by atoms with Crippen LogP contribution in [0.2, 0.25) is 0 Å². The summed E-state index contributed by atoms with van der Waals surface area (Å²) in [5, 5.41) is 5.24. The fourth-order valence-corrected chi connectivity index (χ4v) is 2.15. The Balaban J connectivity index is 2.60. The first kappa shape index (κ1) is 11.2. The summed E-state index contributed by atoms with van der Waals surface area (Å²) in [5.74, 6) is -0.306. The number of thiophene rings is 1. The number of hydrogen-bond donors (Lipinski definition) is 2. The first-order chi connectivity index (χ1) is 6.65. The minimum Gasteiger partial charge on any atom is -0.368 e. The average molecular weight is 212 g/mol. The lowest BCUT2D eigenvalue weighted by molar-refractivity contribution is -0.119. The molecule has 78 valence electrons. The molecule has 2 atom stereocenters. The summed E-state index contributed by atoms with van der Waals surface area (Å²) in [5.41, 5.74) is 5.19. The molecule has 3 nitrogen and oxygen atoms in total. The molecule has 3 N–H and O–H groups in total. The molecule has 1 amide bonds. The highest BCUT2D eigenvalue weighted by Crippen LogP contribution is 2.21. The van der Waals surface area contributed by atoms with Gasteiger partial charge < -0.3 is 5.73 Å². The molecule has 1 aromatic rings. The molecular weight excluding hydrogens is 196 g/mol. The van der Waals surface area contributed by atoms with Crippen LogP contribution in [0.1, 0.15) is 31.2 Å². The lowest BCUT2D eigenvalue weighted by Crippen LogP contribution is -2.40. The molecule has 0 radical (unpaired) electrons. The summed E-state index contributed by atoms with van der Waals surface area (Å²) in [6, 6.07) is 4.04. The molecule has 14 heavy (non-hydrogen) atoms. The minimum absolute atomic E-state index is 0.234. The molecule has 4 heteroatoms. The molecule has 1 rings (SSSR count). The van der Waals surface area contributed by atoms with Crippen molar-refractivity contribution in [2.75, 3.05) is 0 Å². The third-order valence-electron chi connectivity index (χ3n) is 2.17. The Morgan fingerprint density at radius 2 is 2.43 bits per heavy atom. The van der Waals surface area contributed by atoms with Crippen LogP contribution in [0.5, 0.6) is 0 Å². The molecule has 0 saturated heterocycles. The zero-order valence-corrected chi connectivity index (χ0v) is 9.30. The number of carbonyl (C=O) groups excluding carboxylic acids is 1. The molecule has 0 fully saturated rings. The second-order valence-electron chi connectivity index (χ2n) is 3.27. The van der Waals surface area contributed by atoms with E-state index >= 15 is 0 Å². The summed E-state index contributed by atoms with van der Waals surface area (Å²) >= 11 is 1.69. The molecular formula is C10H16N2OS.